The van der Waals surface area contributed by atoms with E-state index >= 15 is 0 Å². The molecule has 1 fully saturated rings. The molecule has 21 heavy (non-hydrogen) atoms. The molecule has 0 aliphatic carbocycles. The number of carbonyl (C=O) groups is 1. The van der Waals surface area contributed by atoms with Crippen LogP contribution in [0.1, 0.15) is 56.3 Å². The van der Waals surface area contributed by atoms with Gasteiger partial charge in [-0.25, -0.2) is 4.79 Å². The van der Waals surface area contributed by atoms with Gasteiger partial charge < -0.3 is 9.15 Å². The van der Waals surface area contributed by atoms with Crippen molar-refractivity contribution in [2.75, 3.05) is 20.2 Å². The molecular formula is C17H27NO3. The molecule has 2 heterocycles. The molecule has 1 aliphatic rings. The number of rotatable bonds is 3. The number of esters is 1. The highest BCUT2D eigenvalue weighted by Gasteiger charge is 2.27. The molecule has 1 aromatic rings. The van der Waals surface area contributed by atoms with E-state index in [1.807, 2.05) is 6.07 Å². The van der Waals surface area contributed by atoms with Gasteiger partial charge in [-0.1, -0.05) is 20.8 Å². The van der Waals surface area contributed by atoms with Gasteiger partial charge in [0.25, 0.3) is 0 Å². The monoisotopic (exact) mass is 293 g/mol. The second-order valence-electron chi connectivity index (χ2n) is 7.03. The van der Waals surface area contributed by atoms with E-state index in [1.54, 1.807) is 6.07 Å². The van der Waals surface area contributed by atoms with Crippen molar-refractivity contribution in [1.82, 2.24) is 4.90 Å². The van der Waals surface area contributed by atoms with Gasteiger partial charge in [0.05, 0.1) is 13.7 Å². The van der Waals surface area contributed by atoms with Crippen LogP contribution in [0.25, 0.3) is 0 Å². The molecule has 0 N–H and O–H groups in total. The Balaban J connectivity index is 1.92. The van der Waals surface area contributed by atoms with Crippen molar-refractivity contribution >= 4 is 5.97 Å². The summed E-state index contributed by atoms with van der Waals surface area (Å²) in [6.45, 7) is 9.97. The molecule has 1 saturated heterocycles. The van der Waals surface area contributed by atoms with Crippen molar-refractivity contribution in [3.63, 3.8) is 0 Å². The fourth-order valence-electron chi connectivity index (χ4n) is 3.07. The normalized spacial score (nSPS) is 21.0. The van der Waals surface area contributed by atoms with E-state index in [0.717, 1.165) is 31.3 Å². The number of hydrogen-bond donors (Lipinski definition) is 0. The average Bonchev–Trinajstić information content (AvgIpc) is 2.74. The molecule has 4 nitrogen and oxygen atoms in total. The summed E-state index contributed by atoms with van der Waals surface area (Å²) in [5.74, 6) is 1.49. The standard InChI is InChI=1S/C17H27NO3/c1-17(2,3)13-6-5-10-18(11-9-13)12-14-7-8-15(21-14)16(19)20-4/h7-8,13H,5-6,9-12H2,1-4H3. The maximum absolute atomic E-state index is 11.4. The van der Waals surface area contributed by atoms with Gasteiger partial charge in [0.1, 0.15) is 5.76 Å². The minimum atomic E-state index is -0.412. The molecule has 1 aromatic heterocycles. The van der Waals surface area contributed by atoms with Gasteiger partial charge in [0.15, 0.2) is 0 Å². The Kier molecular flexibility index (Phi) is 5.09. The predicted molar refractivity (Wildman–Crippen MR) is 82.1 cm³/mol. The molecule has 0 bridgehead atoms. The molecule has 0 amide bonds. The zero-order valence-electron chi connectivity index (χ0n) is 13.6. The van der Waals surface area contributed by atoms with Gasteiger partial charge in [0.2, 0.25) is 5.76 Å². The highest BCUT2D eigenvalue weighted by Crippen LogP contribution is 2.34. The van der Waals surface area contributed by atoms with Gasteiger partial charge >= 0.3 is 5.97 Å². The zero-order valence-corrected chi connectivity index (χ0v) is 13.6. The van der Waals surface area contributed by atoms with Crippen molar-refractivity contribution in [3.05, 3.63) is 23.7 Å². The van der Waals surface area contributed by atoms with Crippen molar-refractivity contribution in [1.29, 1.82) is 0 Å². The molecule has 0 aromatic carbocycles. The molecule has 0 radical (unpaired) electrons. The highest BCUT2D eigenvalue weighted by molar-refractivity contribution is 5.86. The zero-order chi connectivity index (χ0) is 15.5. The fraction of sp³-hybridized carbons (Fsp3) is 0.706. The van der Waals surface area contributed by atoms with Crippen molar-refractivity contribution in [2.24, 2.45) is 11.3 Å². The van der Waals surface area contributed by atoms with Crippen LogP contribution in [-0.4, -0.2) is 31.1 Å². The Morgan fingerprint density at radius 2 is 2.10 bits per heavy atom. The number of likely N-dealkylation sites (tertiary alicyclic amines) is 1. The molecule has 4 heteroatoms. The molecule has 118 valence electrons. The summed E-state index contributed by atoms with van der Waals surface area (Å²) in [5.41, 5.74) is 0.388. The summed E-state index contributed by atoms with van der Waals surface area (Å²) in [4.78, 5) is 13.8. The highest BCUT2D eigenvalue weighted by atomic mass is 16.5. The lowest BCUT2D eigenvalue weighted by atomic mass is 9.77. The molecule has 0 spiro atoms. The number of nitrogens with zero attached hydrogens (tertiary/aromatic N) is 1. The lowest BCUT2D eigenvalue weighted by Crippen LogP contribution is -2.25. The summed E-state index contributed by atoms with van der Waals surface area (Å²) in [5, 5.41) is 0. The molecule has 1 atom stereocenters. The average molecular weight is 293 g/mol. The summed E-state index contributed by atoms with van der Waals surface area (Å²) in [6.07, 6.45) is 3.76. The van der Waals surface area contributed by atoms with Crippen LogP contribution in [0.3, 0.4) is 0 Å². The molecule has 2 rings (SSSR count). The van der Waals surface area contributed by atoms with E-state index < -0.39 is 5.97 Å². The summed E-state index contributed by atoms with van der Waals surface area (Å²) in [7, 11) is 1.37. The second kappa shape index (κ2) is 6.65. The minimum absolute atomic E-state index is 0.287. The quantitative estimate of drug-likeness (QED) is 0.797. The van der Waals surface area contributed by atoms with E-state index in [-0.39, 0.29) is 5.76 Å². The largest absolute Gasteiger partial charge is 0.463 e. The molecular weight excluding hydrogens is 266 g/mol. The van der Waals surface area contributed by atoms with Crippen LogP contribution in [0.5, 0.6) is 0 Å². The summed E-state index contributed by atoms with van der Waals surface area (Å²) >= 11 is 0. The van der Waals surface area contributed by atoms with Gasteiger partial charge in [-0.15, -0.1) is 0 Å². The number of ether oxygens (including phenoxy) is 1. The second-order valence-corrected chi connectivity index (χ2v) is 7.03. The fourth-order valence-corrected chi connectivity index (χ4v) is 3.07. The van der Waals surface area contributed by atoms with Crippen molar-refractivity contribution in [2.45, 2.75) is 46.6 Å². The number of furan rings is 1. The van der Waals surface area contributed by atoms with E-state index in [9.17, 15) is 4.79 Å². The third-order valence-corrected chi connectivity index (χ3v) is 4.47. The van der Waals surface area contributed by atoms with E-state index in [1.165, 1.54) is 26.4 Å². The van der Waals surface area contributed by atoms with Crippen LogP contribution in [0, 0.1) is 11.3 Å². The summed E-state index contributed by atoms with van der Waals surface area (Å²) < 4.78 is 10.2. The van der Waals surface area contributed by atoms with Crippen LogP contribution in [0.2, 0.25) is 0 Å². The predicted octanol–water partition coefficient (Wildman–Crippen LogP) is 3.71. The van der Waals surface area contributed by atoms with Crippen molar-refractivity contribution in [3.8, 4) is 0 Å². The van der Waals surface area contributed by atoms with Crippen LogP contribution in [0.4, 0.5) is 0 Å². The lowest BCUT2D eigenvalue weighted by Gasteiger charge is -2.29. The maximum atomic E-state index is 11.4. The van der Waals surface area contributed by atoms with Gasteiger partial charge in [-0.05, 0) is 55.8 Å². The van der Waals surface area contributed by atoms with E-state index in [4.69, 9.17) is 4.42 Å². The molecule has 1 unspecified atom stereocenters. The van der Waals surface area contributed by atoms with Gasteiger partial charge in [-0.3, -0.25) is 4.90 Å². The number of methoxy groups -OCH3 is 1. The Hall–Kier alpha value is -1.29. The van der Waals surface area contributed by atoms with Gasteiger partial charge in [0, 0.05) is 0 Å². The smallest absolute Gasteiger partial charge is 0.373 e. The van der Waals surface area contributed by atoms with Crippen LogP contribution in [0.15, 0.2) is 16.5 Å². The van der Waals surface area contributed by atoms with E-state index in [2.05, 4.69) is 30.4 Å². The summed E-state index contributed by atoms with van der Waals surface area (Å²) in [6, 6.07) is 3.56. The van der Waals surface area contributed by atoms with E-state index in [0.29, 0.717) is 5.41 Å². The minimum Gasteiger partial charge on any atom is -0.463 e. The molecule has 0 saturated carbocycles. The Bertz CT molecular complexity index is 473. The molecule has 1 aliphatic heterocycles. The first kappa shape index (κ1) is 16.1. The third-order valence-electron chi connectivity index (χ3n) is 4.47. The first-order valence-electron chi connectivity index (χ1n) is 7.79. The van der Waals surface area contributed by atoms with Crippen LogP contribution >= 0.6 is 0 Å². The first-order chi connectivity index (χ1) is 9.90. The third kappa shape index (κ3) is 4.34. The van der Waals surface area contributed by atoms with Crippen LogP contribution in [-0.2, 0) is 11.3 Å². The maximum Gasteiger partial charge on any atom is 0.373 e. The Labute approximate surface area is 127 Å². The Morgan fingerprint density at radius 1 is 1.33 bits per heavy atom. The topological polar surface area (TPSA) is 42.7 Å². The van der Waals surface area contributed by atoms with Gasteiger partial charge in [-0.2, -0.15) is 0 Å². The number of hydrogen-bond acceptors (Lipinski definition) is 4. The SMILES string of the molecule is COC(=O)c1ccc(CN2CCCC(C(C)(C)C)CC2)o1. The van der Waals surface area contributed by atoms with Crippen LogP contribution < -0.4 is 0 Å². The number of carbonyl (C=O) groups excluding carboxylic acids is 1. The van der Waals surface area contributed by atoms with Crippen molar-refractivity contribution < 1.29 is 13.9 Å². The Morgan fingerprint density at radius 3 is 2.76 bits per heavy atom. The first-order valence-corrected chi connectivity index (χ1v) is 7.79. The lowest BCUT2D eigenvalue weighted by molar-refractivity contribution is 0.0561.